The molecule has 1 amide bonds. The van der Waals surface area contributed by atoms with Crippen LogP contribution in [-0.2, 0) is 4.74 Å². The quantitative estimate of drug-likeness (QED) is 0.825. The highest BCUT2D eigenvalue weighted by Crippen LogP contribution is 2.16. The molecular formula is C9H15ClN4O2S. The fourth-order valence-electron chi connectivity index (χ4n) is 0.943. The van der Waals surface area contributed by atoms with Crippen LogP contribution in [0.4, 0.5) is 10.6 Å². The fourth-order valence-corrected chi connectivity index (χ4v) is 1.63. The molecule has 96 valence electrons. The molecule has 0 bridgehead atoms. The molecule has 2 N–H and O–H groups in total. The van der Waals surface area contributed by atoms with Crippen LogP contribution in [-0.4, -0.2) is 33.5 Å². The first-order chi connectivity index (χ1) is 7.88. The van der Waals surface area contributed by atoms with Crippen molar-refractivity contribution in [1.29, 1.82) is 0 Å². The zero-order valence-electron chi connectivity index (χ0n) is 9.91. The average molecular weight is 279 g/mol. The SMILES string of the molecule is CC(C)(C)OC(=O)NCCNc1nsnc1Cl. The lowest BCUT2D eigenvalue weighted by molar-refractivity contribution is 0.0530. The number of amides is 1. The van der Waals surface area contributed by atoms with Crippen LogP contribution < -0.4 is 10.6 Å². The fraction of sp³-hybridized carbons (Fsp3) is 0.667. The molecule has 1 heterocycles. The number of nitrogens with one attached hydrogen (secondary N) is 2. The Morgan fingerprint density at radius 3 is 2.65 bits per heavy atom. The third-order valence-electron chi connectivity index (χ3n) is 1.53. The third kappa shape index (κ3) is 5.69. The molecule has 0 aromatic carbocycles. The smallest absolute Gasteiger partial charge is 0.407 e. The van der Waals surface area contributed by atoms with Gasteiger partial charge in [-0.3, -0.25) is 0 Å². The molecule has 0 unspecified atom stereocenters. The maximum atomic E-state index is 11.3. The van der Waals surface area contributed by atoms with Crippen molar-refractivity contribution in [3.63, 3.8) is 0 Å². The Morgan fingerprint density at radius 2 is 2.12 bits per heavy atom. The molecule has 8 heteroatoms. The van der Waals surface area contributed by atoms with Crippen LogP contribution in [0.1, 0.15) is 20.8 Å². The lowest BCUT2D eigenvalue weighted by Crippen LogP contribution is -2.35. The van der Waals surface area contributed by atoms with Gasteiger partial charge < -0.3 is 15.4 Å². The molecule has 1 rings (SSSR count). The molecule has 0 fully saturated rings. The Morgan fingerprint density at radius 1 is 1.41 bits per heavy atom. The van der Waals surface area contributed by atoms with Gasteiger partial charge in [0.15, 0.2) is 11.0 Å². The highest BCUT2D eigenvalue weighted by Gasteiger charge is 2.15. The summed E-state index contributed by atoms with van der Waals surface area (Å²) >= 11 is 6.76. The molecule has 0 radical (unpaired) electrons. The Hall–Kier alpha value is -1.08. The number of hydrogen-bond acceptors (Lipinski definition) is 6. The van der Waals surface area contributed by atoms with Gasteiger partial charge in [0.1, 0.15) is 5.60 Å². The van der Waals surface area contributed by atoms with E-state index in [1.807, 2.05) is 20.8 Å². The van der Waals surface area contributed by atoms with Crippen molar-refractivity contribution in [2.45, 2.75) is 26.4 Å². The van der Waals surface area contributed by atoms with Gasteiger partial charge in [0, 0.05) is 13.1 Å². The molecule has 1 aromatic heterocycles. The molecule has 0 atom stereocenters. The maximum absolute atomic E-state index is 11.3. The Kier molecular flexibility index (Phi) is 4.95. The Bertz CT molecular complexity index is 377. The largest absolute Gasteiger partial charge is 0.444 e. The van der Waals surface area contributed by atoms with Crippen molar-refractivity contribution in [3.8, 4) is 0 Å². The van der Waals surface area contributed by atoms with Gasteiger partial charge in [0.05, 0.1) is 11.7 Å². The molecule has 0 aliphatic heterocycles. The Balaban J connectivity index is 2.17. The van der Waals surface area contributed by atoms with Crippen LogP contribution in [0.5, 0.6) is 0 Å². The van der Waals surface area contributed by atoms with Crippen molar-refractivity contribution >= 4 is 35.2 Å². The molecule has 17 heavy (non-hydrogen) atoms. The molecule has 6 nitrogen and oxygen atoms in total. The summed E-state index contributed by atoms with van der Waals surface area (Å²) in [5, 5.41) is 5.90. The predicted molar refractivity (Wildman–Crippen MR) is 67.6 cm³/mol. The zero-order valence-corrected chi connectivity index (χ0v) is 11.5. The number of halogens is 1. The van der Waals surface area contributed by atoms with Crippen LogP contribution in [0.2, 0.25) is 5.15 Å². The number of anilines is 1. The second-order valence-electron chi connectivity index (χ2n) is 4.26. The van der Waals surface area contributed by atoms with E-state index >= 15 is 0 Å². The van der Waals surface area contributed by atoms with Gasteiger partial charge in [-0.25, -0.2) is 4.79 Å². The van der Waals surface area contributed by atoms with E-state index in [-0.39, 0.29) is 0 Å². The minimum absolute atomic E-state index is 0.340. The highest BCUT2D eigenvalue weighted by molar-refractivity contribution is 6.99. The topological polar surface area (TPSA) is 76.1 Å². The van der Waals surface area contributed by atoms with E-state index in [2.05, 4.69) is 19.4 Å². The van der Waals surface area contributed by atoms with Crippen LogP contribution in [0.15, 0.2) is 0 Å². The third-order valence-corrected chi connectivity index (χ3v) is 2.43. The lowest BCUT2D eigenvalue weighted by atomic mass is 10.2. The second-order valence-corrected chi connectivity index (χ2v) is 5.15. The van der Waals surface area contributed by atoms with E-state index in [0.29, 0.717) is 24.1 Å². The summed E-state index contributed by atoms with van der Waals surface area (Å²) in [6.07, 6.45) is -0.443. The van der Waals surface area contributed by atoms with E-state index in [4.69, 9.17) is 16.3 Å². The van der Waals surface area contributed by atoms with Crippen molar-refractivity contribution in [2.24, 2.45) is 0 Å². The Labute approximate surface area is 109 Å². The van der Waals surface area contributed by atoms with Gasteiger partial charge in [-0.2, -0.15) is 8.75 Å². The van der Waals surface area contributed by atoms with Gasteiger partial charge >= 0.3 is 6.09 Å². The number of carbonyl (C=O) groups is 1. The van der Waals surface area contributed by atoms with Gasteiger partial charge in [-0.15, -0.1) is 0 Å². The second kappa shape index (κ2) is 6.02. The first-order valence-electron chi connectivity index (χ1n) is 5.07. The number of ether oxygens (including phenoxy) is 1. The molecular weight excluding hydrogens is 264 g/mol. The van der Waals surface area contributed by atoms with E-state index < -0.39 is 11.7 Å². The predicted octanol–water partition coefficient (Wildman–Crippen LogP) is 2.13. The minimum atomic E-state index is -0.486. The van der Waals surface area contributed by atoms with Gasteiger partial charge in [-0.1, -0.05) is 11.6 Å². The highest BCUT2D eigenvalue weighted by atomic mass is 35.5. The summed E-state index contributed by atoms with van der Waals surface area (Å²) in [4.78, 5) is 11.3. The standard InChI is InChI=1S/C9H15ClN4O2S/c1-9(2,3)16-8(15)12-5-4-11-7-6(10)13-17-14-7/h4-5H2,1-3H3,(H,11,14)(H,12,15). The first kappa shape index (κ1) is 14.0. The lowest BCUT2D eigenvalue weighted by Gasteiger charge is -2.19. The normalized spacial score (nSPS) is 11.1. The zero-order chi connectivity index (χ0) is 12.9. The molecule has 1 aromatic rings. The van der Waals surface area contributed by atoms with E-state index in [1.165, 1.54) is 0 Å². The van der Waals surface area contributed by atoms with E-state index in [1.54, 1.807) is 0 Å². The summed E-state index contributed by atoms with van der Waals surface area (Å²) in [7, 11) is 0. The summed E-state index contributed by atoms with van der Waals surface area (Å²) in [6, 6.07) is 0. The summed E-state index contributed by atoms with van der Waals surface area (Å²) in [6.45, 7) is 6.36. The molecule has 0 saturated carbocycles. The number of alkyl carbamates (subject to hydrolysis) is 1. The van der Waals surface area contributed by atoms with Gasteiger partial charge in [0.2, 0.25) is 0 Å². The van der Waals surface area contributed by atoms with Crippen LogP contribution in [0.25, 0.3) is 0 Å². The van der Waals surface area contributed by atoms with Crippen molar-refractivity contribution in [3.05, 3.63) is 5.15 Å². The molecule has 0 spiro atoms. The van der Waals surface area contributed by atoms with E-state index in [9.17, 15) is 4.79 Å². The molecule has 0 aliphatic carbocycles. The average Bonchev–Trinajstić information content (AvgIpc) is 2.56. The van der Waals surface area contributed by atoms with E-state index in [0.717, 1.165) is 11.7 Å². The van der Waals surface area contributed by atoms with Crippen molar-refractivity contribution in [2.75, 3.05) is 18.4 Å². The summed E-state index contributed by atoms with van der Waals surface area (Å²) in [5.41, 5.74) is -0.486. The van der Waals surface area contributed by atoms with Crippen LogP contribution >= 0.6 is 23.3 Å². The van der Waals surface area contributed by atoms with Crippen LogP contribution in [0.3, 0.4) is 0 Å². The molecule has 0 saturated heterocycles. The first-order valence-corrected chi connectivity index (χ1v) is 6.18. The van der Waals surface area contributed by atoms with Crippen molar-refractivity contribution in [1.82, 2.24) is 14.1 Å². The van der Waals surface area contributed by atoms with Gasteiger partial charge in [-0.05, 0) is 20.8 Å². The van der Waals surface area contributed by atoms with Crippen molar-refractivity contribution < 1.29 is 9.53 Å². The number of rotatable bonds is 4. The summed E-state index contributed by atoms with van der Waals surface area (Å²) < 4.78 is 12.8. The minimum Gasteiger partial charge on any atom is -0.444 e. The molecule has 0 aliphatic rings. The monoisotopic (exact) mass is 278 g/mol. The van der Waals surface area contributed by atoms with Gasteiger partial charge in [0.25, 0.3) is 0 Å². The number of aromatic nitrogens is 2. The summed E-state index contributed by atoms with van der Waals surface area (Å²) in [5.74, 6) is 0.530. The maximum Gasteiger partial charge on any atom is 0.407 e. The number of nitrogens with zero attached hydrogens (tertiary/aromatic N) is 2. The number of hydrogen-bond donors (Lipinski definition) is 2. The number of carbonyl (C=O) groups excluding carboxylic acids is 1. The van der Waals surface area contributed by atoms with Crippen LogP contribution in [0, 0.1) is 0 Å².